The lowest BCUT2D eigenvalue weighted by Gasteiger charge is -2.20. The molecule has 0 saturated carbocycles. The summed E-state index contributed by atoms with van der Waals surface area (Å²) in [5, 5.41) is 12.6. The van der Waals surface area contributed by atoms with Crippen LogP contribution in [0.2, 0.25) is 10.0 Å². The Labute approximate surface area is 126 Å². The van der Waals surface area contributed by atoms with Gasteiger partial charge >= 0.3 is 5.97 Å². The zero-order valence-corrected chi connectivity index (χ0v) is 12.5. The maximum atomic E-state index is 11.6. The predicted octanol–water partition coefficient (Wildman–Crippen LogP) is 1.97. The first-order valence-corrected chi connectivity index (χ1v) is 6.75. The molecule has 1 saturated heterocycles. The van der Waals surface area contributed by atoms with Crippen molar-refractivity contribution in [2.24, 2.45) is 5.92 Å². The van der Waals surface area contributed by atoms with Crippen molar-refractivity contribution in [2.75, 3.05) is 25.5 Å². The average molecular weight is 317 g/mol. The number of hydrogen-bond acceptors (Lipinski definition) is 3. The molecule has 0 aromatic heterocycles. The van der Waals surface area contributed by atoms with Crippen molar-refractivity contribution >= 4 is 40.8 Å². The average Bonchev–Trinajstić information content (AvgIpc) is 2.69. The second-order valence-corrected chi connectivity index (χ2v) is 5.71. The Balaban J connectivity index is 2.44. The number of nitrogens with one attached hydrogen (secondary N) is 1. The summed E-state index contributed by atoms with van der Waals surface area (Å²) >= 11 is 12.4. The Kier molecular flexibility index (Phi) is 4.11. The second-order valence-electron chi connectivity index (χ2n) is 4.90. The highest BCUT2D eigenvalue weighted by Gasteiger charge is 2.41. The van der Waals surface area contributed by atoms with E-state index in [-0.39, 0.29) is 6.54 Å². The van der Waals surface area contributed by atoms with Gasteiger partial charge in [-0.3, -0.25) is 9.59 Å². The number of rotatable bonds is 3. The molecule has 5 nitrogen and oxygen atoms in total. The van der Waals surface area contributed by atoms with Crippen LogP contribution in [-0.2, 0) is 9.59 Å². The Morgan fingerprint density at radius 2 is 1.90 bits per heavy atom. The third-order valence-corrected chi connectivity index (χ3v) is 3.94. The molecule has 0 radical (unpaired) electrons. The topological polar surface area (TPSA) is 69.6 Å². The van der Waals surface area contributed by atoms with Crippen LogP contribution in [-0.4, -0.2) is 37.6 Å². The summed E-state index contributed by atoms with van der Waals surface area (Å²) in [5.41, 5.74) is 1.32. The van der Waals surface area contributed by atoms with Gasteiger partial charge in [-0.1, -0.05) is 23.2 Å². The van der Waals surface area contributed by atoms with Crippen molar-refractivity contribution < 1.29 is 14.7 Å². The number of carbonyl (C=O) groups is 2. The van der Waals surface area contributed by atoms with Crippen molar-refractivity contribution in [1.82, 2.24) is 5.32 Å². The van der Waals surface area contributed by atoms with Gasteiger partial charge in [-0.2, -0.15) is 0 Å². The first-order chi connectivity index (χ1) is 9.32. The molecule has 7 heteroatoms. The standard InChI is InChI=1S/C13H14Cl2N2O3/c1-17(2)11-8(14)3-6(4-9(11)15)7-5-16-12(18)10(7)13(19)20/h3-4,7,10H,5H2,1-2H3,(H,16,18)(H,19,20). The molecule has 2 rings (SSSR count). The van der Waals surface area contributed by atoms with Crippen LogP contribution < -0.4 is 10.2 Å². The van der Waals surface area contributed by atoms with E-state index in [1.165, 1.54) is 0 Å². The number of halogens is 2. The Morgan fingerprint density at radius 1 is 1.35 bits per heavy atom. The molecule has 1 amide bonds. The molecule has 1 aliphatic rings. The molecule has 0 aliphatic carbocycles. The van der Waals surface area contributed by atoms with Crippen molar-refractivity contribution in [3.8, 4) is 0 Å². The molecule has 2 N–H and O–H groups in total. The molecular formula is C13H14Cl2N2O3. The van der Waals surface area contributed by atoms with Crippen LogP contribution in [0.1, 0.15) is 11.5 Å². The van der Waals surface area contributed by atoms with E-state index in [0.717, 1.165) is 0 Å². The van der Waals surface area contributed by atoms with Gasteiger partial charge in [0.25, 0.3) is 0 Å². The molecule has 1 aliphatic heterocycles. The minimum absolute atomic E-state index is 0.268. The van der Waals surface area contributed by atoms with E-state index in [1.54, 1.807) is 17.0 Å². The number of hydrogen-bond donors (Lipinski definition) is 2. The zero-order chi connectivity index (χ0) is 15.0. The van der Waals surface area contributed by atoms with E-state index in [4.69, 9.17) is 28.3 Å². The molecule has 1 aromatic rings. The summed E-state index contributed by atoms with van der Waals surface area (Å²) in [4.78, 5) is 24.6. The zero-order valence-electron chi connectivity index (χ0n) is 11.0. The summed E-state index contributed by atoms with van der Waals surface area (Å²) in [5.74, 6) is -3.20. The van der Waals surface area contributed by atoms with E-state index in [9.17, 15) is 9.59 Å². The SMILES string of the molecule is CN(C)c1c(Cl)cc(C2CNC(=O)C2C(=O)O)cc1Cl. The molecule has 2 unspecified atom stereocenters. The highest BCUT2D eigenvalue weighted by molar-refractivity contribution is 6.39. The highest BCUT2D eigenvalue weighted by atomic mass is 35.5. The lowest BCUT2D eigenvalue weighted by molar-refractivity contribution is -0.145. The number of nitrogens with zero attached hydrogens (tertiary/aromatic N) is 1. The third-order valence-electron chi connectivity index (χ3n) is 3.36. The number of carbonyl (C=O) groups excluding carboxylic acids is 1. The van der Waals surface area contributed by atoms with Gasteiger partial charge in [-0.15, -0.1) is 0 Å². The minimum Gasteiger partial charge on any atom is -0.481 e. The molecule has 1 fully saturated rings. The van der Waals surface area contributed by atoms with Crippen LogP contribution in [0.5, 0.6) is 0 Å². The number of aliphatic carboxylic acids is 1. The quantitative estimate of drug-likeness (QED) is 0.836. The molecule has 0 spiro atoms. The maximum Gasteiger partial charge on any atom is 0.316 e. The molecule has 0 bridgehead atoms. The fourth-order valence-corrected chi connectivity index (χ4v) is 3.28. The van der Waals surface area contributed by atoms with Crippen LogP contribution >= 0.6 is 23.2 Å². The first-order valence-electron chi connectivity index (χ1n) is 5.99. The largest absolute Gasteiger partial charge is 0.481 e. The normalized spacial score (nSPS) is 21.7. The lowest BCUT2D eigenvalue weighted by atomic mass is 9.88. The van der Waals surface area contributed by atoms with Crippen LogP contribution in [0.25, 0.3) is 0 Å². The van der Waals surface area contributed by atoms with Gasteiger partial charge in [0.2, 0.25) is 5.91 Å². The van der Waals surface area contributed by atoms with Crippen LogP contribution in [0.15, 0.2) is 12.1 Å². The van der Waals surface area contributed by atoms with E-state index in [0.29, 0.717) is 21.3 Å². The van der Waals surface area contributed by atoms with Crippen LogP contribution in [0.4, 0.5) is 5.69 Å². The molecule has 1 heterocycles. The number of benzene rings is 1. The van der Waals surface area contributed by atoms with Gasteiger partial charge in [-0.05, 0) is 17.7 Å². The number of anilines is 1. The van der Waals surface area contributed by atoms with Gasteiger partial charge < -0.3 is 15.3 Å². The first kappa shape index (κ1) is 14.9. The minimum atomic E-state index is -1.14. The highest BCUT2D eigenvalue weighted by Crippen LogP contribution is 2.38. The predicted molar refractivity (Wildman–Crippen MR) is 77.7 cm³/mol. The lowest BCUT2D eigenvalue weighted by Crippen LogP contribution is -2.26. The van der Waals surface area contributed by atoms with E-state index >= 15 is 0 Å². The van der Waals surface area contributed by atoms with E-state index < -0.39 is 23.7 Å². The molecule has 2 atom stereocenters. The van der Waals surface area contributed by atoms with Crippen LogP contribution in [0, 0.1) is 5.92 Å². The van der Waals surface area contributed by atoms with E-state index in [1.807, 2.05) is 14.1 Å². The molecular weight excluding hydrogens is 303 g/mol. The Hall–Kier alpha value is -1.46. The number of amides is 1. The fraction of sp³-hybridized carbons (Fsp3) is 0.385. The van der Waals surface area contributed by atoms with Crippen molar-refractivity contribution in [3.05, 3.63) is 27.7 Å². The van der Waals surface area contributed by atoms with Crippen molar-refractivity contribution in [1.29, 1.82) is 0 Å². The third kappa shape index (κ3) is 2.55. The van der Waals surface area contributed by atoms with Crippen molar-refractivity contribution in [3.63, 3.8) is 0 Å². The summed E-state index contributed by atoms with van der Waals surface area (Å²) in [6.45, 7) is 0.268. The number of carboxylic acid groups (broad SMARTS) is 1. The molecule has 1 aromatic carbocycles. The van der Waals surface area contributed by atoms with E-state index in [2.05, 4.69) is 5.32 Å². The monoisotopic (exact) mass is 316 g/mol. The van der Waals surface area contributed by atoms with Gasteiger partial charge in [-0.25, -0.2) is 0 Å². The van der Waals surface area contributed by atoms with Crippen LogP contribution in [0.3, 0.4) is 0 Å². The summed E-state index contributed by atoms with van der Waals surface area (Å²) < 4.78 is 0. The molecule has 108 valence electrons. The van der Waals surface area contributed by atoms with Gasteiger partial charge in [0.05, 0.1) is 15.7 Å². The maximum absolute atomic E-state index is 11.6. The summed E-state index contributed by atoms with van der Waals surface area (Å²) in [7, 11) is 3.63. The number of carboxylic acids is 1. The molecule has 20 heavy (non-hydrogen) atoms. The van der Waals surface area contributed by atoms with Gasteiger partial charge in [0.1, 0.15) is 5.92 Å². The Morgan fingerprint density at radius 3 is 2.35 bits per heavy atom. The fourth-order valence-electron chi connectivity index (χ4n) is 2.44. The summed E-state index contributed by atoms with van der Waals surface area (Å²) in [6, 6.07) is 3.34. The van der Waals surface area contributed by atoms with Gasteiger partial charge in [0, 0.05) is 26.6 Å². The Bertz CT molecular complexity index is 552. The second kappa shape index (κ2) is 5.50. The van der Waals surface area contributed by atoms with Gasteiger partial charge in [0.15, 0.2) is 0 Å². The smallest absolute Gasteiger partial charge is 0.316 e. The van der Waals surface area contributed by atoms with Crippen molar-refractivity contribution in [2.45, 2.75) is 5.92 Å². The summed E-state index contributed by atoms with van der Waals surface area (Å²) in [6.07, 6.45) is 0.